The fraction of sp³-hybridized carbons (Fsp3) is 0.429. The summed E-state index contributed by atoms with van der Waals surface area (Å²) >= 11 is 0. The summed E-state index contributed by atoms with van der Waals surface area (Å²) in [5, 5.41) is 24.1. The molecular formula is C21H25NO5. The fourth-order valence-corrected chi connectivity index (χ4v) is 3.74. The number of fused-ring (bicyclic) bond motifs is 1. The molecule has 3 rings (SSSR count). The Bertz CT molecular complexity index is 863. The van der Waals surface area contributed by atoms with Crippen molar-refractivity contribution in [2.75, 3.05) is 6.61 Å². The van der Waals surface area contributed by atoms with Crippen molar-refractivity contribution in [1.29, 1.82) is 0 Å². The summed E-state index contributed by atoms with van der Waals surface area (Å²) in [4.78, 5) is 24.5. The van der Waals surface area contributed by atoms with E-state index in [1.54, 1.807) is 24.3 Å². The summed E-state index contributed by atoms with van der Waals surface area (Å²) in [5.41, 5.74) is -0.168. The van der Waals surface area contributed by atoms with Gasteiger partial charge in [-0.3, -0.25) is 4.79 Å². The van der Waals surface area contributed by atoms with Crippen LogP contribution in [0.2, 0.25) is 0 Å². The number of esters is 1. The van der Waals surface area contributed by atoms with Crippen LogP contribution in [0.15, 0.2) is 30.3 Å². The molecule has 0 heterocycles. The van der Waals surface area contributed by atoms with Gasteiger partial charge in [-0.1, -0.05) is 51.0 Å². The van der Waals surface area contributed by atoms with Gasteiger partial charge in [0.2, 0.25) is 0 Å². The van der Waals surface area contributed by atoms with Crippen LogP contribution in [-0.2, 0) is 9.53 Å². The zero-order valence-corrected chi connectivity index (χ0v) is 15.6. The Morgan fingerprint density at radius 1 is 1.15 bits per heavy atom. The van der Waals surface area contributed by atoms with Gasteiger partial charge in [-0.25, -0.2) is 4.79 Å². The Kier molecular flexibility index (Phi) is 5.54. The first-order valence-electron chi connectivity index (χ1n) is 9.28. The number of nitrogens with one attached hydrogen (secondary N) is 1. The maximum absolute atomic E-state index is 12.3. The van der Waals surface area contributed by atoms with E-state index in [2.05, 4.69) is 19.2 Å². The van der Waals surface area contributed by atoms with Gasteiger partial charge in [0, 0.05) is 16.8 Å². The van der Waals surface area contributed by atoms with Crippen molar-refractivity contribution in [3.05, 3.63) is 35.9 Å². The zero-order valence-electron chi connectivity index (χ0n) is 15.6. The number of aromatic hydroxyl groups is 2. The molecule has 1 aliphatic carbocycles. The van der Waals surface area contributed by atoms with Gasteiger partial charge in [0.25, 0.3) is 5.91 Å². The van der Waals surface area contributed by atoms with Crippen LogP contribution in [-0.4, -0.2) is 34.7 Å². The Morgan fingerprint density at radius 3 is 2.59 bits per heavy atom. The van der Waals surface area contributed by atoms with Gasteiger partial charge < -0.3 is 20.3 Å². The molecule has 3 N–H and O–H groups in total. The Morgan fingerprint density at radius 2 is 1.85 bits per heavy atom. The molecule has 0 radical (unpaired) electrons. The Balaban J connectivity index is 1.65. The van der Waals surface area contributed by atoms with Crippen molar-refractivity contribution in [2.24, 2.45) is 11.8 Å². The predicted octanol–water partition coefficient (Wildman–Crippen LogP) is 3.35. The smallest absolute Gasteiger partial charge is 0.342 e. The number of hydrogen-bond donors (Lipinski definition) is 3. The fourth-order valence-electron chi connectivity index (χ4n) is 3.74. The summed E-state index contributed by atoms with van der Waals surface area (Å²) in [6.45, 7) is 3.87. The van der Waals surface area contributed by atoms with E-state index in [9.17, 15) is 19.8 Å². The summed E-state index contributed by atoms with van der Waals surface area (Å²) < 4.78 is 5.06. The molecule has 1 saturated carbocycles. The number of amides is 1. The molecule has 0 saturated heterocycles. The second-order valence-electron chi connectivity index (χ2n) is 7.35. The monoisotopic (exact) mass is 371 g/mol. The van der Waals surface area contributed by atoms with E-state index in [0.29, 0.717) is 22.6 Å². The number of carbonyl (C=O) groups excluding carboxylic acids is 2. The molecule has 2 aromatic carbocycles. The number of phenolic OH excluding ortho intramolecular Hbond substituents is 2. The van der Waals surface area contributed by atoms with Crippen LogP contribution in [0, 0.1) is 11.8 Å². The lowest BCUT2D eigenvalue weighted by Gasteiger charge is -2.34. The molecule has 0 aliphatic heterocycles. The lowest BCUT2D eigenvalue weighted by molar-refractivity contribution is -0.125. The highest BCUT2D eigenvalue weighted by Crippen LogP contribution is 2.35. The molecule has 3 unspecified atom stereocenters. The molecule has 0 bridgehead atoms. The van der Waals surface area contributed by atoms with Crippen molar-refractivity contribution in [3.8, 4) is 11.5 Å². The molecule has 1 amide bonds. The van der Waals surface area contributed by atoms with Crippen LogP contribution in [0.25, 0.3) is 10.8 Å². The standard InChI is InChI=1S/C21H25NO5/c1-12-6-5-9-17(13(12)2)22-19(24)11-27-21(26)16-10-18(23)14-7-3-4-8-15(14)20(16)25/h3-4,7-8,10,12-13,17,23,25H,5-6,9,11H2,1-2H3,(H,22,24). The second-order valence-corrected chi connectivity index (χ2v) is 7.35. The number of rotatable bonds is 4. The van der Waals surface area contributed by atoms with Crippen LogP contribution in [0.5, 0.6) is 11.5 Å². The highest BCUT2D eigenvalue weighted by molar-refractivity contribution is 6.04. The van der Waals surface area contributed by atoms with E-state index in [1.165, 1.54) is 0 Å². The minimum absolute atomic E-state index is 0.0815. The molecule has 0 spiro atoms. The van der Waals surface area contributed by atoms with Crippen LogP contribution in [0.3, 0.4) is 0 Å². The summed E-state index contributed by atoms with van der Waals surface area (Å²) in [6.07, 6.45) is 3.15. The van der Waals surface area contributed by atoms with Gasteiger partial charge in [-0.15, -0.1) is 0 Å². The third kappa shape index (κ3) is 3.99. The van der Waals surface area contributed by atoms with Gasteiger partial charge in [-0.05, 0) is 24.3 Å². The average molecular weight is 371 g/mol. The maximum Gasteiger partial charge on any atom is 0.342 e. The van der Waals surface area contributed by atoms with Crippen LogP contribution in [0.4, 0.5) is 0 Å². The molecule has 6 nitrogen and oxygen atoms in total. The maximum atomic E-state index is 12.3. The van der Waals surface area contributed by atoms with Crippen molar-refractivity contribution in [3.63, 3.8) is 0 Å². The van der Waals surface area contributed by atoms with Crippen molar-refractivity contribution >= 4 is 22.6 Å². The van der Waals surface area contributed by atoms with Crippen molar-refractivity contribution in [2.45, 2.75) is 39.2 Å². The van der Waals surface area contributed by atoms with E-state index in [1.807, 2.05) is 0 Å². The van der Waals surface area contributed by atoms with Crippen molar-refractivity contribution in [1.82, 2.24) is 5.32 Å². The largest absolute Gasteiger partial charge is 0.507 e. The van der Waals surface area contributed by atoms with Gasteiger partial charge in [0.05, 0.1) is 0 Å². The molecule has 1 aliphatic rings. The van der Waals surface area contributed by atoms with E-state index in [-0.39, 0.29) is 29.0 Å². The molecule has 0 aromatic heterocycles. The highest BCUT2D eigenvalue weighted by Gasteiger charge is 2.28. The van der Waals surface area contributed by atoms with Crippen LogP contribution in [0.1, 0.15) is 43.5 Å². The SMILES string of the molecule is CC1CCCC(NC(=O)COC(=O)c2cc(O)c3ccccc3c2O)C1C. The van der Waals surface area contributed by atoms with E-state index < -0.39 is 12.6 Å². The zero-order chi connectivity index (χ0) is 19.6. The highest BCUT2D eigenvalue weighted by atomic mass is 16.5. The molecule has 144 valence electrons. The number of phenols is 2. The van der Waals surface area contributed by atoms with Gasteiger partial charge in [0.15, 0.2) is 6.61 Å². The molecule has 3 atom stereocenters. The minimum Gasteiger partial charge on any atom is -0.507 e. The first-order chi connectivity index (χ1) is 12.9. The number of benzene rings is 2. The van der Waals surface area contributed by atoms with Crippen molar-refractivity contribution < 1.29 is 24.5 Å². The average Bonchev–Trinajstić information content (AvgIpc) is 2.66. The Labute approximate surface area is 158 Å². The normalized spacial score (nSPS) is 22.4. The molecule has 27 heavy (non-hydrogen) atoms. The Hall–Kier alpha value is -2.76. The first kappa shape index (κ1) is 19.0. The van der Waals surface area contributed by atoms with E-state index in [0.717, 1.165) is 25.3 Å². The third-order valence-electron chi connectivity index (χ3n) is 5.60. The van der Waals surface area contributed by atoms with E-state index >= 15 is 0 Å². The lowest BCUT2D eigenvalue weighted by atomic mass is 9.78. The summed E-state index contributed by atoms with van der Waals surface area (Å²) in [5.74, 6) is -0.704. The van der Waals surface area contributed by atoms with Gasteiger partial charge in [0.1, 0.15) is 17.1 Å². The van der Waals surface area contributed by atoms with Gasteiger partial charge >= 0.3 is 5.97 Å². The molecule has 1 fully saturated rings. The lowest BCUT2D eigenvalue weighted by Crippen LogP contribution is -2.45. The number of hydrogen-bond acceptors (Lipinski definition) is 5. The second kappa shape index (κ2) is 7.86. The van der Waals surface area contributed by atoms with Gasteiger partial charge in [-0.2, -0.15) is 0 Å². The summed E-state index contributed by atoms with van der Waals surface area (Å²) in [6, 6.07) is 7.88. The molecule has 6 heteroatoms. The molecule has 2 aromatic rings. The topological polar surface area (TPSA) is 95.9 Å². The third-order valence-corrected chi connectivity index (χ3v) is 5.60. The predicted molar refractivity (Wildman–Crippen MR) is 102 cm³/mol. The number of ether oxygens (including phenoxy) is 1. The number of carbonyl (C=O) groups is 2. The minimum atomic E-state index is -0.853. The first-order valence-corrected chi connectivity index (χ1v) is 9.28. The van der Waals surface area contributed by atoms with E-state index in [4.69, 9.17) is 4.74 Å². The quantitative estimate of drug-likeness (QED) is 0.566. The van der Waals surface area contributed by atoms with Crippen LogP contribution < -0.4 is 5.32 Å². The summed E-state index contributed by atoms with van der Waals surface area (Å²) in [7, 11) is 0. The van der Waals surface area contributed by atoms with Crippen LogP contribution >= 0.6 is 0 Å². The molecular weight excluding hydrogens is 346 g/mol.